The highest BCUT2D eigenvalue weighted by Crippen LogP contribution is 2.06. The van der Waals surface area contributed by atoms with Gasteiger partial charge in [-0.3, -0.25) is 4.98 Å². The number of pyridine rings is 1. The molecule has 0 bridgehead atoms. The van der Waals surface area contributed by atoms with Crippen molar-refractivity contribution in [3.8, 4) is 0 Å². The molecule has 12 heavy (non-hydrogen) atoms. The first-order chi connectivity index (χ1) is 5.84. The number of aromatic nitrogens is 1. The molecule has 4 nitrogen and oxygen atoms in total. The largest absolute Gasteiger partial charge is 0.385 e. The van der Waals surface area contributed by atoms with E-state index in [1.165, 1.54) is 7.11 Å². The van der Waals surface area contributed by atoms with E-state index >= 15 is 0 Å². The number of aliphatic hydroxyl groups is 1. The highest BCUT2D eigenvalue weighted by molar-refractivity contribution is 5.06. The molecule has 0 aliphatic carbocycles. The number of hydrogen-bond acceptors (Lipinski definition) is 4. The predicted octanol–water partition coefficient (Wildman–Crippen LogP) is 0.266. The van der Waals surface area contributed by atoms with Gasteiger partial charge >= 0.3 is 0 Å². The minimum Gasteiger partial charge on any atom is -0.385 e. The van der Waals surface area contributed by atoms with Gasteiger partial charge in [-0.1, -0.05) is 6.07 Å². The third-order valence-corrected chi connectivity index (χ3v) is 1.45. The first-order valence-corrected chi connectivity index (χ1v) is 3.69. The van der Waals surface area contributed by atoms with Crippen LogP contribution in [0, 0.1) is 0 Å². The molecule has 1 aromatic heterocycles. The lowest BCUT2D eigenvalue weighted by molar-refractivity contribution is 0.0486. The monoisotopic (exact) mass is 168 g/mol. The zero-order valence-electron chi connectivity index (χ0n) is 6.90. The van der Waals surface area contributed by atoms with Crippen molar-refractivity contribution in [2.45, 2.75) is 6.10 Å². The normalized spacial score (nSPS) is 12.8. The summed E-state index contributed by atoms with van der Waals surface area (Å²) in [6.45, 7) is 0.341. The summed E-state index contributed by atoms with van der Waals surface area (Å²) in [6, 6.07) is 5.40. The SMILES string of the molecule is CONCC(O)c1ccccn1. The average Bonchev–Trinajstić information content (AvgIpc) is 2.15. The molecule has 1 aromatic rings. The fourth-order valence-corrected chi connectivity index (χ4v) is 0.840. The Kier molecular flexibility index (Phi) is 3.66. The molecule has 2 N–H and O–H groups in total. The molecular weight excluding hydrogens is 156 g/mol. The third-order valence-electron chi connectivity index (χ3n) is 1.45. The van der Waals surface area contributed by atoms with Gasteiger partial charge in [0, 0.05) is 6.20 Å². The van der Waals surface area contributed by atoms with Gasteiger partial charge in [-0.05, 0) is 12.1 Å². The Morgan fingerprint density at radius 2 is 2.50 bits per heavy atom. The highest BCUT2D eigenvalue weighted by atomic mass is 16.6. The van der Waals surface area contributed by atoms with Crippen molar-refractivity contribution in [2.75, 3.05) is 13.7 Å². The van der Waals surface area contributed by atoms with E-state index in [0.717, 1.165) is 0 Å². The second-order valence-corrected chi connectivity index (χ2v) is 2.32. The van der Waals surface area contributed by atoms with Crippen LogP contribution >= 0.6 is 0 Å². The van der Waals surface area contributed by atoms with Crippen LogP contribution in [0.25, 0.3) is 0 Å². The minimum absolute atomic E-state index is 0.341. The van der Waals surface area contributed by atoms with Gasteiger partial charge in [0.15, 0.2) is 0 Å². The zero-order chi connectivity index (χ0) is 8.81. The second-order valence-electron chi connectivity index (χ2n) is 2.32. The quantitative estimate of drug-likeness (QED) is 0.633. The lowest BCUT2D eigenvalue weighted by atomic mass is 10.2. The van der Waals surface area contributed by atoms with Crippen LogP contribution in [-0.4, -0.2) is 23.7 Å². The molecule has 0 fully saturated rings. The molecule has 1 heterocycles. The van der Waals surface area contributed by atoms with Crippen LogP contribution in [0.5, 0.6) is 0 Å². The standard InChI is InChI=1S/C8H12N2O2/c1-12-10-6-8(11)7-4-2-3-5-9-7/h2-5,8,10-11H,6H2,1H3. The summed E-state index contributed by atoms with van der Waals surface area (Å²) in [5.41, 5.74) is 3.20. The Labute approximate surface area is 71.2 Å². The Morgan fingerprint density at radius 3 is 3.08 bits per heavy atom. The van der Waals surface area contributed by atoms with Crippen molar-refractivity contribution < 1.29 is 9.94 Å². The molecule has 0 radical (unpaired) electrons. The van der Waals surface area contributed by atoms with Crippen molar-refractivity contribution in [2.24, 2.45) is 0 Å². The Morgan fingerprint density at radius 1 is 1.67 bits per heavy atom. The van der Waals surface area contributed by atoms with Gasteiger partial charge in [0.25, 0.3) is 0 Å². The van der Waals surface area contributed by atoms with Gasteiger partial charge < -0.3 is 9.94 Å². The molecule has 0 aliphatic heterocycles. The van der Waals surface area contributed by atoms with E-state index in [9.17, 15) is 5.11 Å². The van der Waals surface area contributed by atoms with E-state index in [2.05, 4.69) is 15.3 Å². The number of aliphatic hydroxyl groups excluding tert-OH is 1. The number of hydroxylamine groups is 1. The van der Waals surface area contributed by atoms with Gasteiger partial charge in [-0.15, -0.1) is 0 Å². The number of nitrogens with one attached hydrogen (secondary N) is 1. The molecule has 1 atom stereocenters. The molecule has 0 spiro atoms. The van der Waals surface area contributed by atoms with Crippen LogP contribution in [0.2, 0.25) is 0 Å². The first-order valence-electron chi connectivity index (χ1n) is 3.69. The smallest absolute Gasteiger partial charge is 0.111 e. The van der Waals surface area contributed by atoms with E-state index in [-0.39, 0.29) is 0 Å². The van der Waals surface area contributed by atoms with Gasteiger partial charge in [0.2, 0.25) is 0 Å². The van der Waals surface area contributed by atoms with E-state index < -0.39 is 6.10 Å². The molecular formula is C8H12N2O2. The fraction of sp³-hybridized carbons (Fsp3) is 0.375. The summed E-state index contributed by atoms with van der Waals surface area (Å²) in [6.07, 6.45) is 1.02. The molecule has 0 amide bonds. The van der Waals surface area contributed by atoms with Gasteiger partial charge in [-0.25, -0.2) is 0 Å². The molecule has 0 aliphatic rings. The Hall–Kier alpha value is -0.970. The summed E-state index contributed by atoms with van der Waals surface area (Å²) in [7, 11) is 1.51. The minimum atomic E-state index is -0.619. The number of nitrogens with zero attached hydrogens (tertiary/aromatic N) is 1. The lowest BCUT2D eigenvalue weighted by Crippen LogP contribution is -2.20. The summed E-state index contributed by atoms with van der Waals surface area (Å²) < 4.78 is 0. The Bertz CT molecular complexity index is 216. The van der Waals surface area contributed by atoms with Crippen LogP contribution in [0.3, 0.4) is 0 Å². The third kappa shape index (κ3) is 2.58. The topological polar surface area (TPSA) is 54.4 Å². The maximum Gasteiger partial charge on any atom is 0.111 e. The molecule has 1 rings (SSSR count). The summed E-state index contributed by atoms with van der Waals surface area (Å²) >= 11 is 0. The van der Waals surface area contributed by atoms with Crippen LogP contribution in [0.4, 0.5) is 0 Å². The molecule has 0 saturated heterocycles. The number of rotatable bonds is 4. The zero-order valence-corrected chi connectivity index (χ0v) is 6.90. The van der Waals surface area contributed by atoms with Crippen LogP contribution in [0.1, 0.15) is 11.8 Å². The second kappa shape index (κ2) is 4.82. The highest BCUT2D eigenvalue weighted by Gasteiger charge is 2.06. The predicted molar refractivity (Wildman–Crippen MR) is 44.2 cm³/mol. The molecule has 4 heteroatoms. The van der Waals surface area contributed by atoms with Crippen LogP contribution < -0.4 is 5.48 Å². The lowest BCUT2D eigenvalue weighted by Gasteiger charge is -2.08. The van der Waals surface area contributed by atoms with E-state index in [1.807, 2.05) is 6.07 Å². The number of hydrogen-bond donors (Lipinski definition) is 2. The van der Waals surface area contributed by atoms with Crippen molar-refractivity contribution in [1.82, 2.24) is 10.5 Å². The molecule has 0 saturated carbocycles. The van der Waals surface area contributed by atoms with Crippen LogP contribution in [-0.2, 0) is 4.84 Å². The first kappa shape index (κ1) is 9.12. The van der Waals surface area contributed by atoms with Crippen molar-refractivity contribution in [1.29, 1.82) is 0 Å². The maximum absolute atomic E-state index is 9.45. The van der Waals surface area contributed by atoms with E-state index in [0.29, 0.717) is 12.2 Å². The Balaban J connectivity index is 2.48. The average molecular weight is 168 g/mol. The summed E-state index contributed by atoms with van der Waals surface area (Å²) in [5.74, 6) is 0. The van der Waals surface area contributed by atoms with Gasteiger partial charge in [0.05, 0.1) is 19.3 Å². The molecule has 1 unspecified atom stereocenters. The summed E-state index contributed by atoms with van der Waals surface area (Å²) in [4.78, 5) is 8.58. The maximum atomic E-state index is 9.45. The molecule has 66 valence electrons. The summed E-state index contributed by atoms with van der Waals surface area (Å²) in [5, 5.41) is 9.45. The van der Waals surface area contributed by atoms with E-state index in [1.54, 1.807) is 18.3 Å². The van der Waals surface area contributed by atoms with Crippen molar-refractivity contribution in [3.05, 3.63) is 30.1 Å². The van der Waals surface area contributed by atoms with Crippen LogP contribution in [0.15, 0.2) is 24.4 Å². The van der Waals surface area contributed by atoms with Gasteiger partial charge in [-0.2, -0.15) is 5.48 Å². The fourth-order valence-electron chi connectivity index (χ4n) is 0.840. The molecule has 0 aromatic carbocycles. The van der Waals surface area contributed by atoms with Gasteiger partial charge in [0.1, 0.15) is 6.10 Å². The van der Waals surface area contributed by atoms with Crippen molar-refractivity contribution >= 4 is 0 Å². The van der Waals surface area contributed by atoms with Crippen molar-refractivity contribution in [3.63, 3.8) is 0 Å². The van der Waals surface area contributed by atoms with E-state index in [4.69, 9.17) is 0 Å².